The summed E-state index contributed by atoms with van der Waals surface area (Å²) in [6.07, 6.45) is 6.38. The molecule has 2 aliphatic rings. The fourth-order valence-corrected chi connectivity index (χ4v) is 6.69. The van der Waals surface area contributed by atoms with Crippen LogP contribution in [0, 0.1) is 5.92 Å². The normalized spacial score (nSPS) is 17.6. The number of nitrogens with zero attached hydrogens (tertiary/aromatic N) is 2. The van der Waals surface area contributed by atoms with Crippen LogP contribution in [-0.4, -0.2) is 70.9 Å². The van der Waals surface area contributed by atoms with E-state index >= 15 is 0 Å². The lowest BCUT2D eigenvalue weighted by atomic mass is 10.0. The van der Waals surface area contributed by atoms with Gasteiger partial charge in [0.05, 0.1) is 10.6 Å². The molecule has 2 aliphatic heterocycles. The topological polar surface area (TPSA) is 81.8 Å². The van der Waals surface area contributed by atoms with Gasteiger partial charge in [0.15, 0.2) is 0 Å². The van der Waals surface area contributed by atoms with Crippen LogP contribution >= 0.6 is 11.8 Å². The minimum Gasteiger partial charge on any atom is -0.342 e. The van der Waals surface area contributed by atoms with Crippen LogP contribution in [0.2, 0.25) is 0 Å². The molecule has 2 aromatic carbocycles. The van der Waals surface area contributed by atoms with Crippen LogP contribution in [0.3, 0.4) is 0 Å². The predicted octanol–water partition coefficient (Wildman–Crippen LogP) is 5.35. The van der Waals surface area contributed by atoms with Gasteiger partial charge < -0.3 is 25.2 Å². The van der Waals surface area contributed by atoms with Gasteiger partial charge in [-0.15, -0.1) is 11.8 Å². The van der Waals surface area contributed by atoms with Crippen molar-refractivity contribution >= 4 is 35.7 Å². The van der Waals surface area contributed by atoms with E-state index in [1.807, 2.05) is 34.1 Å². The quantitative estimate of drug-likeness (QED) is 0.253. The first kappa shape index (κ1) is 30.1. The molecule has 0 spiro atoms. The summed E-state index contributed by atoms with van der Waals surface area (Å²) in [5.41, 5.74) is 3.33. The largest absolute Gasteiger partial charge is 0.342 e. The van der Waals surface area contributed by atoms with Crippen LogP contribution in [0.25, 0.3) is 0 Å². The van der Waals surface area contributed by atoms with E-state index in [1.165, 1.54) is 5.56 Å². The molecule has 40 heavy (non-hydrogen) atoms. The lowest BCUT2D eigenvalue weighted by Crippen LogP contribution is -2.50. The summed E-state index contributed by atoms with van der Waals surface area (Å²) in [4.78, 5) is 42.0. The highest BCUT2D eigenvalue weighted by molar-refractivity contribution is 8.01. The minimum atomic E-state index is -0.382. The number of urea groups is 1. The Morgan fingerprint density at radius 1 is 1.05 bits per heavy atom. The van der Waals surface area contributed by atoms with Crippen molar-refractivity contribution in [2.24, 2.45) is 5.92 Å². The van der Waals surface area contributed by atoms with E-state index in [0.29, 0.717) is 25.6 Å². The van der Waals surface area contributed by atoms with Crippen LogP contribution < -0.4 is 10.6 Å². The molecule has 7 nitrogen and oxygen atoms in total. The SMILES string of the molecule is CC(C)CCNC(CCc1ccccc1)SC(C=O)CC(=O)N1CCC(N2CCc3ccccc3NC2=O)CC1. The predicted molar refractivity (Wildman–Crippen MR) is 164 cm³/mol. The maximum atomic E-state index is 13.2. The monoisotopic (exact) mass is 564 g/mol. The molecule has 216 valence electrons. The van der Waals surface area contributed by atoms with Gasteiger partial charge in [0.1, 0.15) is 6.29 Å². The maximum Gasteiger partial charge on any atom is 0.322 e. The number of rotatable bonds is 13. The van der Waals surface area contributed by atoms with E-state index < -0.39 is 0 Å². The van der Waals surface area contributed by atoms with Gasteiger partial charge in [-0.2, -0.15) is 0 Å². The van der Waals surface area contributed by atoms with Gasteiger partial charge in [0, 0.05) is 37.8 Å². The van der Waals surface area contributed by atoms with Crippen LogP contribution in [0.15, 0.2) is 54.6 Å². The van der Waals surface area contributed by atoms with Gasteiger partial charge in [0.25, 0.3) is 0 Å². The average molecular weight is 565 g/mol. The van der Waals surface area contributed by atoms with Gasteiger partial charge >= 0.3 is 6.03 Å². The molecule has 2 unspecified atom stereocenters. The van der Waals surface area contributed by atoms with Crippen LogP contribution in [-0.2, 0) is 22.4 Å². The summed E-state index contributed by atoms with van der Waals surface area (Å²) in [6, 6.07) is 18.4. The number of hydrogen-bond donors (Lipinski definition) is 2. The summed E-state index contributed by atoms with van der Waals surface area (Å²) in [7, 11) is 0. The maximum absolute atomic E-state index is 13.2. The number of para-hydroxylation sites is 1. The van der Waals surface area contributed by atoms with Crippen molar-refractivity contribution in [3.8, 4) is 0 Å². The lowest BCUT2D eigenvalue weighted by Gasteiger charge is -2.38. The van der Waals surface area contributed by atoms with Crippen molar-refractivity contribution < 1.29 is 14.4 Å². The summed E-state index contributed by atoms with van der Waals surface area (Å²) in [6.45, 7) is 7.22. The molecular weight excluding hydrogens is 520 g/mol. The number of benzene rings is 2. The Hall–Kier alpha value is -2.84. The zero-order valence-electron chi connectivity index (χ0n) is 23.9. The second kappa shape index (κ2) is 15.2. The zero-order valence-corrected chi connectivity index (χ0v) is 24.7. The molecule has 2 heterocycles. The highest BCUT2D eigenvalue weighted by atomic mass is 32.2. The molecule has 0 aromatic heterocycles. The number of likely N-dealkylation sites (tertiary alicyclic amines) is 1. The summed E-state index contributed by atoms with van der Waals surface area (Å²) in [5.74, 6) is 0.633. The Kier molecular flexibility index (Phi) is 11.5. The van der Waals surface area contributed by atoms with E-state index in [0.717, 1.165) is 62.6 Å². The molecule has 2 atom stereocenters. The summed E-state index contributed by atoms with van der Waals surface area (Å²) in [5, 5.41) is 6.42. The second-order valence-electron chi connectivity index (χ2n) is 11.3. The van der Waals surface area contributed by atoms with E-state index in [1.54, 1.807) is 11.8 Å². The second-order valence-corrected chi connectivity index (χ2v) is 12.8. The first-order valence-electron chi connectivity index (χ1n) is 14.7. The Morgan fingerprint density at radius 2 is 1.77 bits per heavy atom. The highest BCUT2D eigenvalue weighted by Gasteiger charge is 2.32. The fourth-order valence-electron chi connectivity index (χ4n) is 5.50. The molecule has 0 bridgehead atoms. The van der Waals surface area contributed by atoms with Crippen molar-refractivity contribution in [2.45, 2.75) is 75.5 Å². The number of thioether (sulfide) groups is 1. The Labute approximate surface area is 243 Å². The first-order valence-corrected chi connectivity index (χ1v) is 15.7. The number of amides is 3. The molecule has 0 radical (unpaired) electrons. The van der Waals surface area contributed by atoms with Crippen LogP contribution in [0.5, 0.6) is 0 Å². The minimum absolute atomic E-state index is 0.0276. The number of carbonyl (C=O) groups excluding carboxylic acids is 3. The van der Waals surface area contributed by atoms with Gasteiger partial charge in [0.2, 0.25) is 5.91 Å². The molecule has 3 amide bonds. The average Bonchev–Trinajstić information content (AvgIpc) is 3.13. The Bertz CT molecular complexity index is 1100. The van der Waals surface area contributed by atoms with Crippen molar-refractivity contribution in [1.82, 2.24) is 15.1 Å². The number of anilines is 1. The van der Waals surface area contributed by atoms with E-state index in [9.17, 15) is 14.4 Å². The van der Waals surface area contributed by atoms with E-state index in [-0.39, 0.29) is 35.0 Å². The van der Waals surface area contributed by atoms with Crippen molar-refractivity contribution in [3.63, 3.8) is 0 Å². The van der Waals surface area contributed by atoms with Crippen LogP contribution in [0.1, 0.15) is 57.1 Å². The molecular formula is C32H44N4O3S. The Morgan fingerprint density at radius 3 is 2.50 bits per heavy atom. The third-order valence-corrected chi connectivity index (χ3v) is 9.26. The number of nitrogens with one attached hydrogen (secondary N) is 2. The lowest BCUT2D eigenvalue weighted by molar-refractivity contribution is -0.133. The third kappa shape index (κ3) is 8.83. The van der Waals surface area contributed by atoms with Crippen molar-refractivity contribution in [2.75, 3.05) is 31.5 Å². The molecule has 2 aromatic rings. The number of carbonyl (C=O) groups is 3. The number of hydrogen-bond acceptors (Lipinski definition) is 5. The van der Waals surface area contributed by atoms with E-state index in [4.69, 9.17) is 0 Å². The molecule has 1 saturated heterocycles. The Balaban J connectivity index is 1.27. The standard InChI is InChI=1S/C32H44N4O3S/c1-24(2)14-18-33-30(13-12-25-8-4-3-5-9-25)40-28(23-37)22-31(38)35-19-16-27(17-20-35)36-21-15-26-10-6-7-11-29(26)34-32(36)39/h3-11,23-24,27-28,30,33H,12-22H2,1-2H3,(H,34,39). The molecule has 4 rings (SSSR count). The molecule has 2 N–H and O–H groups in total. The number of aryl methyl sites for hydroxylation is 1. The molecule has 1 fully saturated rings. The van der Waals surface area contributed by atoms with Crippen molar-refractivity contribution in [3.05, 3.63) is 65.7 Å². The fraction of sp³-hybridized carbons (Fsp3) is 0.531. The summed E-state index contributed by atoms with van der Waals surface area (Å²) < 4.78 is 0. The number of fused-ring (bicyclic) bond motifs is 1. The van der Waals surface area contributed by atoms with Gasteiger partial charge in [-0.05, 0) is 68.2 Å². The zero-order chi connectivity index (χ0) is 28.3. The van der Waals surface area contributed by atoms with Gasteiger partial charge in [-0.3, -0.25) is 4.79 Å². The number of aldehydes is 1. The summed E-state index contributed by atoms with van der Waals surface area (Å²) >= 11 is 1.59. The van der Waals surface area contributed by atoms with Crippen molar-refractivity contribution in [1.29, 1.82) is 0 Å². The smallest absolute Gasteiger partial charge is 0.322 e. The number of piperidine rings is 1. The highest BCUT2D eigenvalue weighted by Crippen LogP contribution is 2.26. The third-order valence-electron chi connectivity index (χ3n) is 7.90. The first-order chi connectivity index (χ1) is 19.4. The molecule has 0 saturated carbocycles. The van der Waals surface area contributed by atoms with E-state index in [2.05, 4.69) is 54.8 Å². The molecule has 8 heteroatoms. The van der Waals surface area contributed by atoms with Gasteiger partial charge in [-0.1, -0.05) is 62.4 Å². The van der Waals surface area contributed by atoms with Crippen LogP contribution in [0.4, 0.5) is 10.5 Å². The molecule has 0 aliphatic carbocycles. The van der Waals surface area contributed by atoms with Gasteiger partial charge in [-0.25, -0.2) is 4.79 Å².